The van der Waals surface area contributed by atoms with Crippen LogP contribution in [0.3, 0.4) is 0 Å². The molecule has 0 bridgehead atoms. The van der Waals surface area contributed by atoms with Gasteiger partial charge in [-0.2, -0.15) is 0 Å². The van der Waals surface area contributed by atoms with Gasteiger partial charge < -0.3 is 20.7 Å². The molecule has 38 heavy (non-hydrogen) atoms. The summed E-state index contributed by atoms with van der Waals surface area (Å²) in [7, 11) is 0. The van der Waals surface area contributed by atoms with Gasteiger partial charge in [0.15, 0.2) is 0 Å². The first kappa shape index (κ1) is 32.4. The van der Waals surface area contributed by atoms with Gasteiger partial charge in [-0.3, -0.25) is 9.59 Å². The summed E-state index contributed by atoms with van der Waals surface area (Å²) in [6.07, 6.45) is 6.91. The van der Waals surface area contributed by atoms with Crippen LogP contribution in [0.25, 0.3) is 0 Å². The Balaban J connectivity index is 0.00000172. The Morgan fingerprint density at radius 1 is 1.13 bits per heavy atom. The number of amides is 2. The first-order valence-electron chi connectivity index (χ1n) is 12.2. The largest absolute Gasteiger partial charge is 0.494 e. The highest BCUT2D eigenvalue weighted by molar-refractivity contribution is 7.80. The minimum absolute atomic E-state index is 0.0104. The highest BCUT2D eigenvalue weighted by atomic mass is 35.5. The van der Waals surface area contributed by atoms with Crippen molar-refractivity contribution in [1.82, 2.24) is 16.0 Å². The zero-order chi connectivity index (χ0) is 28.7. The zero-order valence-corrected chi connectivity index (χ0v) is 23.9. The molecular formula is C30H36ClN3O3S. The van der Waals surface area contributed by atoms with Crippen LogP contribution in [0.1, 0.15) is 55.9 Å². The smallest absolute Gasteiger partial charge is 0.310 e. The number of thiocarbonyl (C=S) groups is 1. The minimum atomic E-state index is -0.777. The third-order valence-electron chi connectivity index (χ3n) is 5.36. The van der Waals surface area contributed by atoms with Crippen molar-refractivity contribution in [2.45, 2.75) is 52.3 Å². The van der Waals surface area contributed by atoms with Gasteiger partial charge in [-0.25, -0.2) is 0 Å². The lowest BCUT2D eigenvalue weighted by molar-refractivity contribution is -0.139. The van der Waals surface area contributed by atoms with Gasteiger partial charge in [0.2, 0.25) is 0 Å². The molecule has 1 aliphatic rings. The summed E-state index contributed by atoms with van der Waals surface area (Å²) in [5, 5.41) is 9.07. The molecule has 0 spiro atoms. The third kappa shape index (κ3) is 9.70. The Labute approximate surface area is 236 Å². The summed E-state index contributed by atoms with van der Waals surface area (Å²) < 4.78 is 5.55. The molecular weight excluding hydrogens is 518 g/mol. The van der Waals surface area contributed by atoms with Gasteiger partial charge in [0, 0.05) is 17.1 Å². The quantitative estimate of drug-likeness (QED) is 0.125. The second-order valence-corrected chi connectivity index (χ2v) is 8.95. The van der Waals surface area contributed by atoms with Crippen LogP contribution in [-0.2, 0) is 33.0 Å². The van der Waals surface area contributed by atoms with Crippen LogP contribution in [-0.4, -0.2) is 23.3 Å². The van der Waals surface area contributed by atoms with E-state index in [9.17, 15) is 9.59 Å². The summed E-state index contributed by atoms with van der Waals surface area (Å²) >= 11 is 12.1. The van der Waals surface area contributed by atoms with Crippen LogP contribution in [0.15, 0.2) is 68.0 Å². The van der Waals surface area contributed by atoms with Crippen LogP contribution in [0, 0.1) is 12.3 Å². The number of carbonyl (C=O) groups excluding carboxylic acids is 2. The van der Waals surface area contributed by atoms with E-state index < -0.39 is 11.8 Å². The second kappa shape index (κ2) is 16.3. The first-order valence-corrected chi connectivity index (χ1v) is 13.0. The number of ether oxygens (including phenoxy) is 1. The number of terminal acetylenes is 1. The van der Waals surface area contributed by atoms with Crippen molar-refractivity contribution in [1.29, 1.82) is 0 Å². The Morgan fingerprint density at radius 3 is 2.37 bits per heavy atom. The molecule has 0 aromatic heterocycles. The molecule has 0 radical (unpaired) electrons. The lowest BCUT2D eigenvalue weighted by Gasteiger charge is -2.22. The summed E-state index contributed by atoms with van der Waals surface area (Å²) in [6, 6.07) is 13.3. The van der Waals surface area contributed by atoms with Crippen LogP contribution in [0.5, 0.6) is 0 Å². The van der Waals surface area contributed by atoms with Gasteiger partial charge in [0.1, 0.15) is 11.6 Å². The molecule has 8 heteroatoms. The van der Waals surface area contributed by atoms with Gasteiger partial charge >= 0.3 is 11.8 Å². The van der Waals surface area contributed by atoms with E-state index in [1.165, 1.54) is 0 Å². The maximum Gasteiger partial charge on any atom is 0.310 e. The molecule has 3 N–H and O–H groups in total. The molecule has 1 saturated carbocycles. The van der Waals surface area contributed by atoms with Crippen LogP contribution < -0.4 is 16.0 Å². The molecule has 2 amide bonds. The number of nitrogens with one attached hydrogen (secondary N) is 3. The standard InChI is InChI=1S/C26H26ClN3O3S.C2H6.C2H4/c1-4-11-28-23(31)24(32)29-15-19-7-5-6-8-22(19)25(34)30-26(9-10-26)20-12-18(13-21(27)14-20)16-33-17(2)3;2*1-2/h1,5-8,12-14H,2,9-11,15-16H2,3H3,(H,28,31)(H,29,32)(H,30,34);1-2H3;1-2H2. The molecule has 3 rings (SSSR count). The molecule has 202 valence electrons. The van der Waals surface area contributed by atoms with Gasteiger partial charge in [0.25, 0.3) is 0 Å². The number of allylic oxidation sites excluding steroid dienone is 1. The molecule has 6 nitrogen and oxygen atoms in total. The maximum absolute atomic E-state index is 12.0. The summed E-state index contributed by atoms with van der Waals surface area (Å²) in [4.78, 5) is 24.3. The Morgan fingerprint density at radius 2 is 1.76 bits per heavy atom. The number of hydrogen-bond donors (Lipinski definition) is 3. The van der Waals surface area contributed by atoms with Crippen molar-refractivity contribution in [2.75, 3.05) is 6.54 Å². The van der Waals surface area contributed by atoms with E-state index in [0.29, 0.717) is 22.4 Å². The van der Waals surface area contributed by atoms with Crippen LogP contribution in [0.2, 0.25) is 5.02 Å². The molecule has 0 saturated heterocycles. The van der Waals surface area contributed by atoms with Crippen LogP contribution in [0.4, 0.5) is 0 Å². The summed E-state index contributed by atoms with van der Waals surface area (Å²) in [5.41, 5.74) is 3.25. The number of halogens is 1. The summed E-state index contributed by atoms with van der Waals surface area (Å²) in [6.45, 7) is 16.1. The highest BCUT2D eigenvalue weighted by Gasteiger charge is 2.45. The molecule has 0 heterocycles. The van der Waals surface area contributed by atoms with Crippen molar-refractivity contribution in [3.63, 3.8) is 0 Å². The topological polar surface area (TPSA) is 79.5 Å². The molecule has 1 fully saturated rings. The normalized spacial score (nSPS) is 12.1. The molecule has 1 aliphatic carbocycles. The molecule has 2 aromatic carbocycles. The van der Waals surface area contributed by atoms with Crippen LogP contribution >= 0.6 is 23.8 Å². The lowest BCUT2D eigenvalue weighted by Crippen LogP contribution is -2.40. The van der Waals surface area contributed by atoms with E-state index >= 15 is 0 Å². The minimum Gasteiger partial charge on any atom is -0.494 e. The predicted molar refractivity (Wildman–Crippen MR) is 160 cm³/mol. The van der Waals surface area contributed by atoms with E-state index in [4.69, 9.17) is 35.0 Å². The van der Waals surface area contributed by atoms with Crippen molar-refractivity contribution < 1.29 is 14.3 Å². The van der Waals surface area contributed by atoms with Gasteiger partial charge in [-0.05, 0) is 54.7 Å². The Bertz CT molecular complexity index is 1190. The lowest BCUT2D eigenvalue weighted by atomic mass is 10.0. The van der Waals surface area contributed by atoms with E-state index in [-0.39, 0.29) is 18.6 Å². The van der Waals surface area contributed by atoms with Crippen molar-refractivity contribution >= 4 is 40.6 Å². The predicted octanol–water partition coefficient (Wildman–Crippen LogP) is 5.54. The number of carbonyl (C=O) groups is 2. The van der Waals surface area contributed by atoms with Gasteiger partial charge in [0.05, 0.1) is 17.8 Å². The fraction of sp³-hybridized carbons (Fsp3) is 0.300. The fourth-order valence-electron chi connectivity index (χ4n) is 3.48. The van der Waals surface area contributed by atoms with Crippen molar-refractivity contribution in [2.24, 2.45) is 0 Å². The second-order valence-electron chi connectivity index (χ2n) is 8.10. The SMILES string of the molecule is C#CCNC(=O)C(=O)NCc1ccccc1C(=S)NC1(c2cc(Cl)cc(COC(=C)C)c2)CC1.C=C.CC. The number of hydrogen-bond acceptors (Lipinski definition) is 4. The molecule has 0 atom stereocenters. The van der Waals surface area contributed by atoms with Crippen molar-refractivity contribution in [3.05, 3.63) is 95.2 Å². The van der Waals surface area contributed by atoms with Gasteiger partial charge in [-0.1, -0.05) is 74.4 Å². The number of rotatable bonds is 9. The van der Waals surface area contributed by atoms with E-state index in [1.807, 2.05) is 50.2 Å². The molecule has 2 aromatic rings. The average molecular weight is 554 g/mol. The average Bonchev–Trinajstić information content (AvgIpc) is 3.71. The first-order chi connectivity index (χ1) is 18.2. The Hall–Kier alpha value is -3.60. The van der Waals surface area contributed by atoms with Crippen molar-refractivity contribution in [3.8, 4) is 12.3 Å². The third-order valence-corrected chi connectivity index (χ3v) is 5.90. The summed E-state index contributed by atoms with van der Waals surface area (Å²) in [5.74, 6) is 1.36. The van der Waals surface area contributed by atoms with Gasteiger partial charge in [-0.15, -0.1) is 19.6 Å². The molecule has 0 unspecified atom stereocenters. The molecule has 0 aliphatic heterocycles. The monoisotopic (exact) mass is 553 g/mol. The highest BCUT2D eigenvalue weighted by Crippen LogP contribution is 2.46. The van der Waals surface area contributed by atoms with E-state index in [1.54, 1.807) is 6.92 Å². The fourth-order valence-corrected chi connectivity index (χ4v) is 4.13. The van der Waals surface area contributed by atoms with E-state index in [2.05, 4.69) is 47.7 Å². The Kier molecular flexibility index (Phi) is 13.9. The maximum atomic E-state index is 12.0. The van der Waals surface area contributed by atoms with E-state index in [0.717, 1.165) is 35.1 Å². The zero-order valence-electron chi connectivity index (χ0n) is 22.3. The number of benzene rings is 2.